The van der Waals surface area contributed by atoms with Crippen molar-refractivity contribution in [2.45, 2.75) is 143 Å². The van der Waals surface area contributed by atoms with E-state index in [1.807, 2.05) is 65.0 Å². The summed E-state index contributed by atoms with van der Waals surface area (Å²) in [5.41, 5.74) is 6.48. The summed E-state index contributed by atoms with van der Waals surface area (Å²) >= 11 is 0. The van der Waals surface area contributed by atoms with E-state index in [1.54, 1.807) is 52.0 Å². The van der Waals surface area contributed by atoms with E-state index in [-0.39, 0.29) is 91.5 Å². The fourth-order valence-corrected chi connectivity index (χ4v) is 8.74. The molecule has 1 saturated heterocycles. The van der Waals surface area contributed by atoms with Gasteiger partial charge in [-0.3, -0.25) is 28.8 Å². The molecule has 61 heavy (non-hydrogen) atoms. The molecule has 0 aromatic heterocycles. The zero-order valence-corrected chi connectivity index (χ0v) is 39.2. The number of hydrogen-bond acceptors (Lipinski definition) is 11. The summed E-state index contributed by atoms with van der Waals surface area (Å²) in [5.74, 6) is -3.08. The van der Waals surface area contributed by atoms with E-state index in [0.717, 1.165) is 18.4 Å². The number of Topliss-reactive ketones (excluding diaryl/α,β-unsaturated/α-hetero) is 2. The molecule has 10 atom stereocenters. The molecule has 0 unspecified atom stereocenters. The van der Waals surface area contributed by atoms with Crippen LogP contribution < -0.4 is 16.4 Å². The lowest BCUT2D eigenvalue weighted by atomic mass is 9.84. The average molecular weight is 858 g/mol. The first-order chi connectivity index (χ1) is 28.8. The Labute approximate surface area is 366 Å². The summed E-state index contributed by atoms with van der Waals surface area (Å²) in [7, 11) is 6.64. The van der Waals surface area contributed by atoms with Gasteiger partial charge < -0.3 is 40.4 Å². The van der Waals surface area contributed by atoms with Crippen molar-refractivity contribution in [2.75, 3.05) is 48.0 Å². The van der Waals surface area contributed by atoms with E-state index in [4.69, 9.17) is 19.9 Å². The first-order valence-corrected chi connectivity index (χ1v) is 22.4. The van der Waals surface area contributed by atoms with Crippen molar-refractivity contribution >= 4 is 35.3 Å². The first kappa shape index (κ1) is 53.4. The fourth-order valence-electron chi connectivity index (χ4n) is 8.74. The molecule has 0 spiro atoms. The number of nitrogens with zero attached hydrogens (tertiary/aromatic N) is 2. The summed E-state index contributed by atoms with van der Waals surface area (Å²) in [5, 5.41) is 6.02. The fraction of sp³-hybridized carbons (Fsp3) is 0.745. The maximum atomic E-state index is 14.4. The number of esters is 1. The molecule has 14 nitrogen and oxygen atoms in total. The van der Waals surface area contributed by atoms with Crippen LogP contribution in [0, 0.1) is 35.5 Å². The summed E-state index contributed by atoms with van der Waals surface area (Å²) in [6, 6.07) is 7.61. The Morgan fingerprint density at radius 2 is 1.56 bits per heavy atom. The second-order valence-electron chi connectivity index (χ2n) is 17.8. The molecule has 1 aliphatic heterocycles. The standard InChI is InChI=1S/C47H79N5O9/c1-13-31(6)43(51(10)46(57)36(29(2)3)27-39(54)42(49-9)30(4)5)40(59-11)28-41(55)52-23-17-21-37(52)44(60-12)32(7)38(53)26-35(25-34-19-15-14-16-20-34)45(56)50-22-18-24-61-47(58)33(8)48/h14-16,19-20,29-33,35-37,40,42-44,49H,13,17-18,21-28,48H2,1-12H3,(H,50,56)/t31-,32-,33-,35+,36-,37-,40+,42-,43-,44+/m0/s1. The lowest BCUT2D eigenvalue weighted by Gasteiger charge is -2.41. The van der Waals surface area contributed by atoms with Gasteiger partial charge in [-0.15, -0.1) is 0 Å². The number of ether oxygens (including phenoxy) is 3. The topological polar surface area (TPSA) is 187 Å². The third-order valence-corrected chi connectivity index (χ3v) is 12.6. The summed E-state index contributed by atoms with van der Waals surface area (Å²) in [4.78, 5) is 84.9. The molecule has 1 fully saturated rings. The molecule has 0 bridgehead atoms. The minimum atomic E-state index is -0.731. The van der Waals surface area contributed by atoms with Crippen LogP contribution in [0.1, 0.15) is 106 Å². The first-order valence-electron chi connectivity index (χ1n) is 22.4. The number of carbonyl (C=O) groups is 6. The zero-order valence-electron chi connectivity index (χ0n) is 39.2. The van der Waals surface area contributed by atoms with E-state index in [1.165, 1.54) is 0 Å². The number of nitrogens with one attached hydrogen (secondary N) is 2. The highest BCUT2D eigenvalue weighted by Gasteiger charge is 2.43. The highest BCUT2D eigenvalue weighted by Crippen LogP contribution is 2.32. The number of rotatable bonds is 28. The minimum Gasteiger partial charge on any atom is -0.464 e. The van der Waals surface area contributed by atoms with E-state index in [2.05, 4.69) is 17.6 Å². The third-order valence-electron chi connectivity index (χ3n) is 12.6. The van der Waals surface area contributed by atoms with Crippen molar-refractivity contribution in [3.8, 4) is 0 Å². The average Bonchev–Trinajstić information content (AvgIpc) is 3.71. The van der Waals surface area contributed by atoms with Crippen LogP contribution in [0.3, 0.4) is 0 Å². The number of likely N-dealkylation sites (N-methyl/N-ethyl adjacent to an activating group) is 2. The maximum Gasteiger partial charge on any atom is 0.322 e. The Kier molecular flexibility index (Phi) is 23.4. The highest BCUT2D eigenvalue weighted by molar-refractivity contribution is 5.90. The number of carbonyl (C=O) groups excluding carboxylic acids is 6. The van der Waals surface area contributed by atoms with Crippen molar-refractivity contribution in [3.63, 3.8) is 0 Å². The van der Waals surface area contributed by atoms with Crippen LogP contribution in [0.15, 0.2) is 30.3 Å². The second-order valence-corrected chi connectivity index (χ2v) is 17.8. The number of nitrogens with two attached hydrogens (primary N) is 1. The number of methoxy groups -OCH3 is 2. The lowest BCUT2D eigenvalue weighted by Crippen LogP contribution is -2.54. The van der Waals surface area contributed by atoms with Crippen molar-refractivity contribution in [1.82, 2.24) is 20.4 Å². The third kappa shape index (κ3) is 15.9. The molecule has 1 aliphatic rings. The molecule has 346 valence electrons. The summed E-state index contributed by atoms with van der Waals surface area (Å²) in [6.45, 7) is 16.2. The van der Waals surface area contributed by atoms with Crippen LogP contribution in [0.2, 0.25) is 0 Å². The molecule has 2 rings (SSSR count). The summed E-state index contributed by atoms with van der Waals surface area (Å²) < 4.78 is 17.2. The number of likely N-dealkylation sites (tertiary alicyclic amines) is 1. The van der Waals surface area contributed by atoms with Gasteiger partial charge in [-0.05, 0) is 63.0 Å². The van der Waals surface area contributed by atoms with Crippen LogP contribution in [-0.4, -0.2) is 129 Å². The van der Waals surface area contributed by atoms with Gasteiger partial charge in [0.15, 0.2) is 5.78 Å². The van der Waals surface area contributed by atoms with Gasteiger partial charge >= 0.3 is 5.97 Å². The number of ketones is 2. The van der Waals surface area contributed by atoms with Crippen LogP contribution in [0.5, 0.6) is 0 Å². The van der Waals surface area contributed by atoms with Crippen LogP contribution >= 0.6 is 0 Å². The largest absolute Gasteiger partial charge is 0.464 e. The van der Waals surface area contributed by atoms with Crippen molar-refractivity contribution in [2.24, 2.45) is 41.2 Å². The molecule has 0 radical (unpaired) electrons. The molecular weight excluding hydrogens is 779 g/mol. The van der Waals surface area contributed by atoms with Crippen molar-refractivity contribution in [1.29, 1.82) is 0 Å². The summed E-state index contributed by atoms with van der Waals surface area (Å²) in [6.07, 6.45) is 1.72. The van der Waals surface area contributed by atoms with Gasteiger partial charge in [0, 0.05) is 65.0 Å². The maximum absolute atomic E-state index is 14.4. The van der Waals surface area contributed by atoms with Gasteiger partial charge in [0.05, 0.1) is 43.4 Å². The molecule has 1 heterocycles. The quantitative estimate of drug-likeness (QED) is 0.0791. The van der Waals surface area contributed by atoms with Gasteiger partial charge in [-0.25, -0.2) is 0 Å². The van der Waals surface area contributed by atoms with Crippen molar-refractivity contribution < 1.29 is 43.0 Å². The van der Waals surface area contributed by atoms with Crippen molar-refractivity contribution in [3.05, 3.63) is 35.9 Å². The van der Waals surface area contributed by atoms with Gasteiger partial charge in [0.2, 0.25) is 17.7 Å². The molecule has 14 heteroatoms. The normalized spacial score (nSPS) is 18.7. The predicted octanol–water partition coefficient (Wildman–Crippen LogP) is 4.60. The van der Waals surface area contributed by atoms with E-state index >= 15 is 0 Å². The Bertz CT molecular complexity index is 1540. The van der Waals surface area contributed by atoms with E-state index in [0.29, 0.717) is 25.8 Å². The Morgan fingerprint density at radius 3 is 2.10 bits per heavy atom. The SMILES string of the molecule is CC[C@H](C)[C@@H]([C@@H](CC(=O)N1CCC[C@H]1[C@H](OC)[C@@H](C)C(=O)C[C@@H](Cc1ccccc1)C(=O)NCCCOC(=O)[C@H](C)N)OC)N(C)C(=O)[C@@H](CC(=O)[C@@H](NC)C(C)C)C(C)C. The highest BCUT2D eigenvalue weighted by atomic mass is 16.5. The van der Waals surface area contributed by atoms with E-state index in [9.17, 15) is 28.8 Å². The van der Waals surface area contributed by atoms with Crippen LogP contribution in [-0.2, 0) is 49.4 Å². The number of hydrogen-bond donors (Lipinski definition) is 3. The molecule has 4 N–H and O–H groups in total. The minimum absolute atomic E-state index is 0.00150. The number of amides is 3. The molecule has 3 amide bonds. The monoisotopic (exact) mass is 858 g/mol. The van der Waals surface area contributed by atoms with Gasteiger partial charge in [0.25, 0.3) is 0 Å². The van der Waals surface area contributed by atoms with E-state index < -0.39 is 48.0 Å². The van der Waals surface area contributed by atoms with Crippen LogP contribution in [0.25, 0.3) is 0 Å². The Hall–Kier alpha value is -3.72. The Morgan fingerprint density at radius 1 is 0.902 bits per heavy atom. The predicted molar refractivity (Wildman–Crippen MR) is 237 cm³/mol. The van der Waals surface area contributed by atoms with Crippen LogP contribution in [0.4, 0.5) is 0 Å². The van der Waals surface area contributed by atoms with Gasteiger partial charge in [-0.1, -0.05) is 85.2 Å². The molecule has 1 aromatic carbocycles. The Balaban J connectivity index is 2.26. The lowest BCUT2D eigenvalue weighted by molar-refractivity contribution is -0.149. The second kappa shape index (κ2) is 26.7. The smallest absolute Gasteiger partial charge is 0.322 e. The van der Waals surface area contributed by atoms with Gasteiger partial charge in [0.1, 0.15) is 11.8 Å². The number of benzene rings is 1. The molecule has 1 aromatic rings. The van der Waals surface area contributed by atoms with Gasteiger partial charge in [-0.2, -0.15) is 0 Å². The zero-order chi connectivity index (χ0) is 46.0. The molecule has 0 saturated carbocycles. The molecular formula is C47H79N5O9. The molecule has 0 aliphatic carbocycles.